The molecule has 0 saturated heterocycles. The maximum Gasteiger partial charge on any atom is 0.134 e. The Morgan fingerprint density at radius 1 is 0.400 bits per heavy atom. The lowest BCUT2D eigenvalue weighted by Crippen LogP contribution is -2.34. The second-order valence-corrected chi connectivity index (χ2v) is 16.8. The summed E-state index contributed by atoms with van der Waals surface area (Å²) in [5, 5.41) is 12.5. The fourth-order valence-electron chi connectivity index (χ4n) is 5.63. The lowest BCUT2D eigenvalue weighted by Gasteiger charge is -2.24. The van der Waals surface area contributed by atoms with E-state index in [2.05, 4.69) is 208 Å². The third-order valence-electron chi connectivity index (χ3n) is 7.83. The molecule has 4 nitrogen and oxygen atoms in total. The summed E-state index contributed by atoms with van der Waals surface area (Å²) in [4.78, 5) is 10.6. The van der Waals surface area contributed by atoms with E-state index < -0.39 is 15.8 Å². The molecule has 0 radical (unpaired) electrons. The van der Waals surface area contributed by atoms with Gasteiger partial charge in [0.2, 0.25) is 0 Å². The minimum Gasteiger partial charge on any atom is -0.367 e. The normalized spacial score (nSPS) is 12.2. The molecular formula is C44H44N4P2. The van der Waals surface area contributed by atoms with Crippen molar-refractivity contribution in [3.8, 4) is 11.1 Å². The summed E-state index contributed by atoms with van der Waals surface area (Å²) >= 11 is 0. The summed E-state index contributed by atoms with van der Waals surface area (Å²) in [6, 6.07) is 60.4. The molecule has 50 heavy (non-hydrogen) atoms. The van der Waals surface area contributed by atoms with Crippen LogP contribution in [0.5, 0.6) is 0 Å². The Balaban J connectivity index is 1.34. The van der Waals surface area contributed by atoms with Crippen molar-refractivity contribution in [2.45, 2.75) is 39.8 Å². The molecule has 6 aromatic carbocycles. The SMILES string of the molecule is CC(C)N/C(=N/c1cccc(-c2ccc(/N=C(\NC(C)C)P(c3ccccc3)c3ccccc3)cc2)c1)P(c1ccccc1)c1ccccc1. The van der Waals surface area contributed by atoms with Crippen molar-refractivity contribution < 1.29 is 0 Å². The molecule has 6 aromatic rings. The van der Waals surface area contributed by atoms with Crippen LogP contribution in [0.15, 0.2) is 180 Å². The molecule has 0 fully saturated rings. The van der Waals surface area contributed by atoms with Crippen LogP contribution in [0.2, 0.25) is 0 Å². The molecule has 0 heterocycles. The van der Waals surface area contributed by atoms with E-state index in [9.17, 15) is 0 Å². The molecule has 0 aromatic heterocycles. The van der Waals surface area contributed by atoms with E-state index in [0.717, 1.165) is 33.7 Å². The van der Waals surface area contributed by atoms with Gasteiger partial charge in [-0.1, -0.05) is 146 Å². The number of benzene rings is 6. The van der Waals surface area contributed by atoms with Gasteiger partial charge in [-0.15, -0.1) is 0 Å². The van der Waals surface area contributed by atoms with Gasteiger partial charge in [0.05, 0.1) is 11.4 Å². The van der Waals surface area contributed by atoms with Gasteiger partial charge in [-0.25, -0.2) is 9.98 Å². The third kappa shape index (κ3) is 9.21. The van der Waals surface area contributed by atoms with Gasteiger partial charge in [-0.2, -0.15) is 0 Å². The third-order valence-corrected chi connectivity index (χ3v) is 12.4. The molecule has 6 heteroatoms. The van der Waals surface area contributed by atoms with Crippen LogP contribution < -0.4 is 31.9 Å². The molecule has 0 saturated carbocycles. The van der Waals surface area contributed by atoms with Crippen molar-refractivity contribution in [2.75, 3.05) is 0 Å². The highest BCUT2D eigenvalue weighted by Crippen LogP contribution is 2.38. The molecule has 0 bridgehead atoms. The van der Waals surface area contributed by atoms with Crippen LogP contribution >= 0.6 is 15.8 Å². The second-order valence-electron chi connectivity index (χ2n) is 12.6. The van der Waals surface area contributed by atoms with Gasteiger partial charge < -0.3 is 10.6 Å². The van der Waals surface area contributed by atoms with Crippen molar-refractivity contribution in [3.63, 3.8) is 0 Å². The summed E-state index contributed by atoms with van der Waals surface area (Å²) in [5.41, 5.74) is 6.07. The highest BCUT2D eigenvalue weighted by Gasteiger charge is 2.23. The van der Waals surface area contributed by atoms with Crippen LogP contribution in [0, 0.1) is 0 Å². The van der Waals surface area contributed by atoms with Gasteiger partial charge >= 0.3 is 0 Å². The lowest BCUT2D eigenvalue weighted by molar-refractivity contribution is 0.740. The summed E-state index contributed by atoms with van der Waals surface area (Å²) in [7, 11) is -1.73. The lowest BCUT2D eigenvalue weighted by atomic mass is 10.0. The van der Waals surface area contributed by atoms with Crippen molar-refractivity contribution in [1.82, 2.24) is 10.6 Å². The summed E-state index contributed by atoms with van der Waals surface area (Å²) in [6.45, 7) is 8.68. The largest absolute Gasteiger partial charge is 0.367 e. The number of nitrogens with zero attached hydrogens (tertiary/aromatic N) is 2. The maximum atomic E-state index is 5.31. The summed E-state index contributed by atoms with van der Waals surface area (Å²) in [6.07, 6.45) is 0. The fraction of sp³-hybridized carbons (Fsp3) is 0.136. The van der Waals surface area contributed by atoms with Crippen LogP contribution in [0.1, 0.15) is 27.7 Å². The average Bonchev–Trinajstić information content (AvgIpc) is 3.14. The predicted molar refractivity (Wildman–Crippen MR) is 221 cm³/mol. The highest BCUT2D eigenvalue weighted by molar-refractivity contribution is 7.88. The standard InChI is InChI=1S/C44H44N4P2/c1-33(2)45-43(49(39-20-9-5-10-21-39)40-22-11-6-12-23-40)47-37-30-28-35(29-31-37)36-18-17-19-38(32-36)48-44(46-34(3)4)50(41-24-13-7-14-25-41)42-26-15-8-16-27-42/h5-34H,1-4H3,(H,45,47)(H,46,48). The van der Waals surface area contributed by atoms with E-state index in [4.69, 9.17) is 9.98 Å². The van der Waals surface area contributed by atoms with E-state index >= 15 is 0 Å². The van der Waals surface area contributed by atoms with Crippen molar-refractivity contribution in [3.05, 3.63) is 170 Å². The molecular weight excluding hydrogens is 646 g/mol. The number of aliphatic imine (C=N–C) groups is 2. The first-order chi connectivity index (χ1) is 24.4. The zero-order chi connectivity index (χ0) is 34.7. The van der Waals surface area contributed by atoms with Gasteiger partial charge in [0.1, 0.15) is 11.2 Å². The minimum atomic E-state index is -0.874. The maximum absolute atomic E-state index is 5.31. The Bertz CT molecular complexity index is 1920. The van der Waals surface area contributed by atoms with Crippen molar-refractivity contribution in [1.29, 1.82) is 0 Å². The molecule has 6 rings (SSSR count). The first kappa shape index (κ1) is 35.0. The molecule has 250 valence electrons. The Morgan fingerprint density at radius 2 is 0.780 bits per heavy atom. The number of hydrogen-bond acceptors (Lipinski definition) is 2. The Kier molecular flexibility index (Phi) is 12.0. The summed E-state index contributed by atoms with van der Waals surface area (Å²) in [5.74, 6) is 0. The first-order valence-corrected chi connectivity index (χ1v) is 19.8. The number of nitrogens with one attached hydrogen (secondary N) is 2. The van der Waals surface area contributed by atoms with E-state index in [1.54, 1.807) is 0 Å². The molecule has 0 aliphatic heterocycles. The molecule has 0 atom stereocenters. The first-order valence-electron chi connectivity index (χ1n) is 17.2. The van der Waals surface area contributed by atoms with E-state index in [1.165, 1.54) is 21.2 Å². The topological polar surface area (TPSA) is 48.8 Å². The van der Waals surface area contributed by atoms with Gasteiger partial charge in [-0.3, -0.25) is 0 Å². The van der Waals surface area contributed by atoms with Gasteiger partial charge in [0.25, 0.3) is 0 Å². The highest BCUT2D eigenvalue weighted by atomic mass is 31.1. The Hall–Kier alpha value is -4.88. The van der Waals surface area contributed by atoms with Crippen molar-refractivity contribution >= 4 is 59.6 Å². The molecule has 2 N–H and O–H groups in total. The molecule has 0 spiro atoms. The second kappa shape index (κ2) is 17.2. The minimum absolute atomic E-state index is 0.238. The summed E-state index contributed by atoms with van der Waals surface area (Å²) < 4.78 is 0. The quantitative estimate of drug-likeness (QED) is 0.0809. The van der Waals surface area contributed by atoms with Crippen LogP contribution in [-0.4, -0.2) is 23.2 Å². The monoisotopic (exact) mass is 690 g/mol. The van der Waals surface area contributed by atoms with Crippen LogP contribution in [0.25, 0.3) is 11.1 Å². The molecule has 0 unspecified atom stereocenters. The molecule has 0 aliphatic carbocycles. The smallest absolute Gasteiger partial charge is 0.134 e. The van der Waals surface area contributed by atoms with E-state index in [1.807, 2.05) is 0 Å². The van der Waals surface area contributed by atoms with E-state index in [0.29, 0.717) is 0 Å². The Morgan fingerprint density at radius 3 is 1.16 bits per heavy atom. The predicted octanol–water partition coefficient (Wildman–Crippen LogP) is 9.59. The van der Waals surface area contributed by atoms with E-state index in [-0.39, 0.29) is 12.1 Å². The average molecular weight is 691 g/mol. The van der Waals surface area contributed by atoms with Crippen LogP contribution in [-0.2, 0) is 0 Å². The molecule has 0 amide bonds. The Labute approximate surface area is 300 Å². The molecule has 0 aliphatic rings. The van der Waals surface area contributed by atoms with Gasteiger partial charge in [-0.05, 0) is 84.3 Å². The fourth-order valence-corrected chi connectivity index (χ4v) is 10.3. The van der Waals surface area contributed by atoms with Gasteiger partial charge in [0.15, 0.2) is 0 Å². The number of rotatable bonds is 11. The number of hydrogen-bond donors (Lipinski definition) is 2. The zero-order valence-corrected chi connectivity index (χ0v) is 30.9. The zero-order valence-electron chi connectivity index (χ0n) is 29.1. The van der Waals surface area contributed by atoms with Gasteiger partial charge in [0, 0.05) is 27.9 Å². The van der Waals surface area contributed by atoms with Crippen LogP contribution in [0.4, 0.5) is 11.4 Å². The number of amidine groups is 2. The van der Waals surface area contributed by atoms with Crippen LogP contribution in [0.3, 0.4) is 0 Å². The van der Waals surface area contributed by atoms with Crippen molar-refractivity contribution in [2.24, 2.45) is 9.98 Å².